The van der Waals surface area contributed by atoms with Gasteiger partial charge in [0.1, 0.15) is 6.01 Å². The Morgan fingerprint density at radius 1 is 1.64 bits per heavy atom. The van der Waals surface area contributed by atoms with Gasteiger partial charge in [-0.15, -0.1) is 0 Å². The van der Waals surface area contributed by atoms with Crippen molar-refractivity contribution in [1.29, 1.82) is 0 Å². The van der Waals surface area contributed by atoms with Crippen molar-refractivity contribution in [1.82, 2.24) is 9.67 Å². The van der Waals surface area contributed by atoms with Gasteiger partial charge in [-0.2, -0.15) is 0 Å². The molecule has 1 rings (SSSR count). The van der Waals surface area contributed by atoms with E-state index in [1.807, 2.05) is 0 Å². The van der Waals surface area contributed by atoms with Crippen LogP contribution in [0.4, 0.5) is 0 Å². The maximum atomic E-state index is 11.1. The number of rotatable bonds is 0. The lowest BCUT2D eigenvalue weighted by molar-refractivity contribution is -0.742. The third-order valence-corrected chi connectivity index (χ3v) is 1.62. The molecule has 0 amide bonds. The van der Waals surface area contributed by atoms with Crippen LogP contribution in [-0.4, -0.2) is 9.67 Å². The van der Waals surface area contributed by atoms with E-state index in [0.29, 0.717) is 5.69 Å². The highest BCUT2D eigenvalue weighted by atomic mass is 16.3. The smallest absolute Gasteiger partial charge is 0.320 e. The van der Waals surface area contributed by atoms with Gasteiger partial charge < -0.3 is 5.11 Å². The molecule has 0 spiro atoms. The van der Waals surface area contributed by atoms with E-state index in [2.05, 4.69) is 5.10 Å². The fourth-order valence-corrected chi connectivity index (χ4v) is 0.738. The van der Waals surface area contributed by atoms with Crippen LogP contribution in [0.3, 0.4) is 0 Å². The van der Waals surface area contributed by atoms with Crippen LogP contribution in [-0.2, 0) is 14.1 Å². The second kappa shape index (κ2) is 2.34. The van der Waals surface area contributed by atoms with Crippen LogP contribution < -0.4 is 15.3 Å². The van der Waals surface area contributed by atoms with E-state index in [9.17, 15) is 9.90 Å². The highest BCUT2D eigenvalue weighted by molar-refractivity contribution is 4.91. The lowest BCUT2D eigenvalue weighted by Gasteiger charge is -2.06. The number of aryl methyl sites for hydroxylation is 1. The van der Waals surface area contributed by atoms with E-state index in [0.717, 1.165) is 4.57 Å². The monoisotopic (exact) mass is 155 g/mol. The molecule has 5 heteroatoms. The topological polar surface area (TPSA) is 61.8 Å². The highest BCUT2D eigenvalue weighted by Gasteiger charge is 2.09. The van der Waals surface area contributed by atoms with E-state index in [1.165, 1.54) is 11.7 Å². The Balaban J connectivity index is 3.59. The molecular weight excluding hydrogens is 146 g/mol. The first-order chi connectivity index (χ1) is 5.04. The molecule has 1 aromatic heterocycles. The van der Waals surface area contributed by atoms with Gasteiger partial charge in [0, 0.05) is 19.1 Å². The van der Waals surface area contributed by atoms with Crippen LogP contribution in [0.2, 0.25) is 0 Å². The first kappa shape index (κ1) is 7.71. The average molecular weight is 155 g/mol. The molecule has 5 nitrogen and oxygen atoms in total. The summed E-state index contributed by atoms with van der Waals surface area (Å²) in [6.07, 6.45) is 0. The molecule has 0 aliphatic rings. The number of aromatic nitrogens is 3. The van der Waals surface area contributed by atoms with Gasteiger partial charge in [-0.25, -0.2) is 0 Å². The Kier molecular flexibility index (Phi) is 1.64. The Morgan fingerprint density at radius 3 is 2.73 bits per heavy atom. The van der Waals surface area contributed by atoms with Gasteiger partial charge >= 0.3 is 5.56 Å². The van der Waals surface area contributed by atoms with Crippen LogP contribution >= 0.6 is 0 Å². The van der Waals surface area contributed by atoms with Crippen LogP contribution in [0, 0.1) is 6.92 Å². The second-order valence-electron chi connectivity index (χ2n) is 2.36. The molecule has 0 aliphatic heterocycles. The van der Waals surface area contributed by atoms with Crippen LogP contribution in [0.15, 0.2) is 4.79 Å². The molecule has 0 saturated carbocycles. The first-order valence-corrected chi connectivity index (χ1v) is 3.15. The van der Waals surface area contributed by atoms with Gasteiger partial charge in [-0.3, -0.25) is 9.36 Å². The third-order valence-electron chi connectivity index (χ3n) is 1.62. The molecule has 60 valence electrons. The normalized spacial score (nSPS) is 10.1. The minimum Gasteiger partial charge on any atom is -0.841 e. The second-order valence-corrected chi connectivity index (χ2v) is 2.36. The van der Waals surface area contributed by atoms with Crippen molar-refractivity contribution in [2.45, 2.75) is 6.92 Å². The maximum Gasteiger partial charge on any atom is 0.320 e. The van der Waals surface area contributed by atoms with Crippen molar-refractivity contribution in [2.24, 2.45) is 14.1 Å². The summed E-state index contributed by atoms with van der Waals surface area (Å²) in [5.74, 6) is 0. The van der Waals surface area contributed by atoms with Gasteiger partial charge in [-0.1, -0.05) is 4.68 Å². The van der Waals surface area contributed by atoms with Crippen molar-refractivity contribution >= 4 is 0 Å². The van der Waals surface area contributed by atoms with Gasteiger partial charge in [0.15, 0.2) is 7.05 Å². The van der Waals surface area contributed by atoms with Gasteiger partial charge in [-0.05, 0) is 0 Å². The van der Waals surface area contributed by atoms with Crippen molar-refractivity contribution < 1.29 is 9.79 Å². The van der Waals surface area contributed by atoms with Crippen LogP contribution in [0.1, 0.15) is 5.69 Å². The number of hydrogen-bond acceptors (Lipinski definition) is 3. The predicted molar refractivity (Wildman–Crippen MR) is 34.8 cm³/mol. The molecule has 0 atom stereocenters. The zero-order valence-corrected chi connectivity index (χ0v) is 6.66. The third kappa shape index (κ3) is 1.09. The molecule has 0 unspecified atom stereocenters. The maximum absolute atomic E-state index is 11.1. The summed E-state index contributed by atoms with van der Waals surface area (Å²) in [6.45, 7) is 1.62. The molecule has 1 heterocycles. The van der Waals surface area contributed by atoms with Crippen molar-refractivity contribution in [3.05, 3.63) is 16.0 Å². The molecule has 0 aliphatic carbocycles. The summed E-state index contributed by atoms with van der Waals surface area (Å²) in [4.78, 5) is 11.1. The molecular formula is C6H9N3O2. The minimum atomic E-state index is -0.525. The van der Waals surface area contributed by atoms with Crippen molar-refractivity contribution in [3.63, 3.8) is 0 Å². The molecule has 0 saturated heterocycles. The van der Waals surface area contributed by atoms with Gasteiger partial charge in [0.05, 0.1) is 0 Å². The Hall–Kier alpha value is -1.39. The molecule has 0 radical (unpaired) electrons. The standard InChI is InChI=1S/C6H9N3O2/c1-4-5(10)8(2)6(11)7-9(4)3/h1-3H3. The zero-order valence-electron chi connectivity index (χ0n) is 6.66. The first-order valence-electron chi connectivity index (χ1n) is 3.15. The van der Waals surface area contributed by atoms with E-state index in [-0.39, 0.29) is 5.56 Å². The number of hydrogen-bond donors (Lipinski definition) is 0. The van der Waals surface area contributed by atoms with E-state index >= 15 is 0 Å². The van der Waals surface area contributed by atoms with Gasteiger partial charge in [0.25, 0.3) is 5.69 Å². The molecule has 1 aromatic rings. The average Bonchev–Trinajstić information content (AvgIpc) is 1.97. The summed E-state index contributed by atoms with van der Waals surface area (Å²) >= 11 is 0. The molecule has 0 N–H and O–H groups in total. The summed E-state index contributed by atoms with van der Waals surface area (Å²) in [5.41, 5.74) is 0.152. The van der Waals surface area contributed by atoms with Gasteiger partial charge in [0.2, 0.25) is 0 Å². The Labute approximate surface area is 63.5 Å². The molecule has 11 heavy (non-hydrogen) atoms. The summed E-state index contributed by atoms with van der Waals surface area (Å²) in [6, 6.07) is -0.525. The Morgan fingerprint density at radius 2 is 2.18 bits per heavy atom. The van der Waals surface area contributed by atoms with Crippen molar-refractivity contribution in [3.8, 4) is 6.01 Å². The molecule has 0 aromatic carbocycles. The summed E-state index contributed by atoms with van der Waals surface area (Å²) < 4.78 is 2.26. The highest BCUT2D eigenvalue weighted by Crippen LogP contribution is 1.86. The zero-order chi connectivity index (χ0) is 8.59. The summed E-state index contributed by atoms with van der Waals surface area (Å²) in [5, 5.41) is 14.4. The van der Waals surface area contributed by atoms with Crippen LogP contribution in [0.5, 0.6) is 6.01 Å². The number of nitrogens with zero attached hydrogens (tertiary/aromatic N) is 3. The molecule has 0 fully saturated rings. The molecule has 0 bridgehead atoms. The van der Waals surface area contributed by atoms with E-state index in [4.69, 9.17) is 0 Å². The Bertz CT molecular complexity index is 313. The summed E-state index contributed by atoms with van der Waals surface area (Å²) in [7, 11) is 2.98. The van der Waals surface area contributed by atoms with Crippen molar-refractivity contribution in [2.75, 3.05) is 0 Å². The van der Waals surface area contributed by atoms with E-state index in [1.54, 1.807) is 14.0 Å². The lowest BCUT2D eigenvalue weighted by Crippen LogP contribution is -2.46. The largest absolute Gasteiger partial charge is 0.841 e. The minimum absolute atomic E-state index is 0.299. The fraction of sp³-hybridized carbons (Fsp3) is 0.500. The SMILES string of the molecule is Cc1c(=O)n(C)c([O-])n[n+]1C. The lowest BCUT2D eigenvalue weighted by atomic mass is 10.5. The van der Waals surface area contributed by atoms with Crippen LogP contribution in [0.25, 0.3) is 0 Å². The predicted octanol–water partition coefficient (Wildman–Crippen LogP) is -2.01. The van der Waals surface area contributed by atoms with E-state index < -0.39 is 6.01 Å². The fourth-order valence-electron chi connectivity index (χ4n) is 0.738. The quantitative estimate of drug-likeness (QED) is 0.406.